The van der Waals surface area contributed by atoms with Crippen LogP contribution in [0.5, 0.6) is 0 Å². The van der Waals surface area contributed by atoms with E-state index in [1.54, 1.807) is 24.3 Å². The molecule has 0 fully saturated rings. The molecule has 0 aromatic heterocycles. The minimum atomic E-state index is -1.35. The third-order valence-electron chi connectivity index (χ3n) is 2.47. The molecule has 0 radical (unpaired) electrons. The topological polar surface area (TPSA) is 114 Å². The third-order valence-corrected chi connectivity index (χ3v) is 2.47. The molecule has 0 aliphatic rings. The number of carbonyl (C=O) groups is 2. The monoisotopic (exact) mass is 263 g/mol. The van der Waals surface area contributed by atoms with Crippen molar-refractivity contribution < 1.29 is 19.8 Å². The SMILES string of the molecule is CN(C(=O)N[C@@H](CO)C(=O)O)c1ccc(C#N)cc1. The molecular weight excluding hydrogens is 250 g/mol. The van der Waals surface area contributed by atoms with Gasteiger partial charge in [-0.15, -0.1) is 0 Å². The molecule has 0 aliphatic heterocycles. The summed E-state index contributed by atoms with van der Waals surface area (Å²) in [5.41, 5.74) is 0.954. The molecule has 0 heterocycles. The molecule has 2 amide bonds. The lowest BCUT2D eigenvalue weighted by molar-refractivity contribution is -0.140. The smallest absolute Gasteiger partial charge is 0.328 e. The summed E-state index contributed by atoms with van der Waals surface area (Å²) in [6.45, 7) is -0.692. The summed E-state index contributed by atoms with van der Waals surface area (Å²) in [7, 11) is 1.45. The molecule has 1 atom stereocenters. The van der Waals surface area contributed by atoms with E-state index < -0.39 is 24.6 Å². The van der Waals surface area contributed by atoms with Gasteiger partial charge in [-0.1, -0.05) is 0 Å². The lowest BCUT2D eigenvalue weighted by Crippen LogP contribution is -2.48. The van der Waals surface area contributed by atoms with Crippen LogP contribution in [-0.2, 0) is 4.79 Å². The summed E-state index contributed by atoms with van der Waals surface area (Å²) in [4.78, 5) is 23.6. The van der Waals surface area contributed by atoms with E-state index in [-0.39, 0.29) is 0 Å². The average molecular weight is 263 g/mol. The van der Waals surface area contributed by atoms with Crippen molar-refractivity contribution in [2.24, 2.45) is 0 Å². The van der Waals surface area contributed by atoms with E-state index in [0.717, 1.165) is 0 Å². The first kappa shape index (κ1) is 14.5. The number of nitrogens with one attached hydrogen (secondary N) is 1. The van der Waals surface area contributed by atoms with E-state index in [9.17, 15) is 9.59 Å². The van der Waals surface area contributed by atoms with Crippen molar-refractivity contribution >= 4 is 17.7 Å². The first-order valence-corrected chi connectivity index (χ1v) is 5.37. The molecule has 1 aromatic carbocycles. The van der Waals surface area contributed by atoms with Crippen molar-refractivity contribution in [3.05, 3.63) is 29.8 Å². The van der Waals surface area contributed by atoms with Crippen molar-refractivity contribution in [1.82, 2.24) is 5.32 Å². The number of rotatable bonds is 4. The van der Waals surface area contributed by atoms with E-state index in [1.165, 1.54) is 11.9 Å². The number of aliphatic hydroxyl groups is 1. The fourth-order valence-corrected chi connectivity index (χ4v) is 1.31. The molecule has 19 heavy (non-hydrogen) atoms. The lowest BCUT2D eigenvalue weighted by Gasteiger charge is -2.20. The van der Waals surface area contributed by atoms with E-state index >= 15 is 0 Å². The van der Waals surface area contributed by atoms with Crippen LogP contribution in [0.3, 0.4) is 0 Å². The van der Waals surface area contributed by atoms with Gasteiger partial charge in [-0.25, -0.2) is 9.59 Å². The van der Waals surface area contributed by atoms with Crippen molar-refractivity contribution in [2.45, 2.75) is 6.04 Å². The highest BCUT2D eigenvalue weighted by Crippen LogP contribution is 2.13. The second-order valence-electron chi connectivity index (χ2n) is 3.74. The number of hydrogen-bond acceptors (Lipinski definition) is 4. The third kappa shape index (κ3) is 3.69. The number of nitriles is 1. The number of anilines is 1. The first-order chi connectivity index (χ1) is 8.99. The fraction of sp³-hybridized carbons (Fsp3) is 0.250. The second-order valence-corrected chi connectivity index (χ2v) is 3.74. The quantitative estimate of drug-likeness (QED) is 0.715. The molecular formula is C12H13N3O4. The number of amides is 2. The first-order valence-electron chi connectivity index (χ1n) is 5.37. The van der Waals surface area contributed by atoms with Gasteiger partial charge in [0.2, 0.25) is 0 Å². The van der Waals surface area contributed by atoms with Gasteiger partial charge in [-0.05, 0) is 24.3 Å². The van der Waals surface area contributed by atoms with Gasteiger partial charge in [-0.2, -0.15) is 5.26 Å². The van der Waals surface area contributed by atoms with Crippen molar-refractivity contribution in [2.75, 3.05) is 18.6 Å². The Balaban J connectivity index is 2.76. The number of hydrogen-bond donors (Lipinski definition) is 3. The normalized spacial score (nSPS) is 11.2. The van der Waals surface area contributed by atoms with Crippen molar-refractivity contribution in [3.63, 3.8) is 0 Å². The van der Waals surface area contributed by atoms with Crippen LogP contribution in [0.4, 0.5) is 10.5 Å². The second kappa shape index (κ2) is 6.37. The molecule has 0 aliphatic carbocycles. The summed E-state index contributed by atoms with van der Waals surface area (Å²) in [5.74, 6) is -1.32. The van der Waals surface area contributed by atoms with Crippen LogP contribution in [-0.4, -0.2) is 41.9 Å². The number of aliphatic carboxylic acids is 1. The van der Waals surface area contributed by atoms with Crippen LogP contribution in [0.2, 0.25) is 0 Å². The van der Waals surface area contributed by atoms with Crippen molar-refractivity contribution in [3.8, 4) is 6.07 Å². The molecule has 100 valence electrons. The van der Waals surface area contributed by atoms with Crippen LogP contribution in [0.15, 0.2) is 24.3 Å². The Morgan fingerprint density at radius 3 is 2.42 bits per heavy atom. The summed E-state index contributed by atoms with van der Waals surface area (Å²) in [5, 5.41) is 28.3. The molecule has 1 aromatic rings. The largest absolute Gasteiger partial charge is 0.480 e. The standard InChI is InChI=1S/C12H13N3O4/c1-15(9-4-2-8(6-13)3-5-9)12(19)14-10(7-16)11(17)18/h2-5,10,16H,7H2,1H3,(H,14,19)(H,17,18)/t10-/m0/s1. The Morgan fingerprint density at radius 2 is 2.00 bits per heavy atom. The van der Waals surface area contributed by atoms with Crippen LogP contribution in [0.1, 0.15) is 5.56 Å². The molecule has 0 unspecified atom stereocenters. The summed E-state index contributed by atoms with van der Waals surface area (Å²) < 4.78 is 0. The predicted octanol–water partition coefficient (Wildman–Crippen LogP) is 0.150. The minimum Gasteiger partial charge on any atom is -0.480 e. The molecule has 3 N–H and O–H groups in total. The zero-order valence-electron chi connectivity index (χ0n) is 10.2. The van der Waals surface area contributed by atoms with Gasteiger partial charge >= 0.3 is 12.0 Å². The molecule has 0 saturated carbocycles. The minimum absolute atomic E-state index is 0.455. The number of carbonyl (C=O) groups excluding carboxylic acids is 1. The number of nitrogens with zero attached hydrogens (tertiary/aromatic N) is 2. The zero-order chi connectivity index (χ0) is 14.4. The molecule has 0 saturated heterocycles. The van der Waals surface area contributed by atoms with Crippen LogP contribution in [0, 0.1) is 11.3 Å². The number of carboxylic acid groups (broad SMARTS) is 1. The van der Waals surface area contributed by atoms with Gasteiger partial charge in [0.15, 0.2) is 6.04 Å². The highest BCUT2D eigenvalue weighted by Gasteiger charge is 2.21. The Labute approximate surface area is 109 Å². The van der Waals surface area contributed by atoms with Crippen LogP contribution in [0.25, 0.3) is 0 Å². The van der Waals surface area contributed by atoms with Crippen LogP contribution < -0.4 is 10.2 Å². The van der Waals surface area contributed by atoms with E-state index in [1.807, 2.05) is 6.07 Å². The molecule has 1 rings (SSSR count). The van der Waals surface area contributed by atoms with E-state index in [2.05, 4.69) is 5.32 Å². The Bertz CT molecular complexity index is 507. The van der Waals surface area contributed by atoms with Crippen molar-refractivity contribution in [1.29, 1.82) is 5.26 Å². The fourth-order valence-electron chi connectivity index (χ4n) is 1.31. The predicted molar refractivity (Wildman–Crippen MR) is 66.6 cm³/mol. The number of urea groups is 1. The summed E-state index contributed by atoms with van der Waals surface area (Å²) >= 11 is 0. The van der Waals surface area contributed by atoms with E-state index in [4.69, 9.17) is 15.5 Å². The van der Waals surface area contributed by atoms with Gasteiger partial charge in [0.05, 0.1) is 18.2 Å². The van der Waals surface area contributed by atoms with Gasteiger partial charge < -0.3 is 15.5 Å². The Morgan fingerprint density at radius 1 is 1.42 bits per heavy atom. The molecule has 7 nitrogen and oxygen atoms in total. The van der Waals surface area contributed by atoms with E-state index in [0.29, 0.717) is 11.3 Å². The Kier molecular flexibility index (Phi) is 4.85. The molecule has 0 spiro atoms. The summed E-state index contributed by atoms with van der Waals surface area (Å²) in [6, 6.07) is 6.14. The lowest BCUT2D eigenvalue weighted by atomic mass is 10.2. The number of aliphatic hydroxyl groups excluding tert-OH is 1. The highest BCUT2D eigenvalue weighted by atomic mass is 16.4. The van der Waals surface area contributed by atoms with Crippen LogP contribution >= 0.6 is 0 Å². The Hall–Kier alpha value is -2.59. The average Bonchev–Trinajstić information content (AvgIpc) is 2.43. The van der Waals surface area contributed by atoms with Gasteiger partial charge in [0, 0.05) is 12.7 Å². The molecule has 0 bridgehead atoms. The van der Waals surface area contributed by atoms with Gasteiger partial charge in [0.1, 0.15) is 0 Å². The van der Waals surface area contributed by atoms with Gasteiger partial charge in [-0.3, -0.25) is 4.90 Å². The maximum Gasteiger partial charge on any atom is 0.328 e. The van der Waals surface area contributed by atoms with Gasteiger partial charge in [0.25, 0.3) is 0 Å². The zero-order valence-corrected chi connectivity index (χ0v) is 10.2. The highest BCUT2D eigenvalue weighted by molar-refractivity contribution is 5.94. The summed E-state index contributed by atoms with van der Waals surface area (Å²) in [6.07, 6.45) is 0. The molecule has 7 heteroatoms. The number of benzene rings is 1. The number of carboxylic acids is 1. The maximum absolute atomic E-state index is 11.7. The maximum atomic E-state index is 11.7.